The fourth-order valence-corrected chi connectivity index (χ4v) is 3.93. The predicted octanol–water partition coefficient (Wildman–Crippen LogP) is 1.84. The van der Waals surface area contributed by atoms with Crippen LogP contribution in [0.15, 0.2) is 18.2 Å². The van der Waals surface area contributed by atoms with Gasteiger partial charge >= 0.3 is 0 Å². The van der Waals surface area contributed by atoms with Gasteiger partial charge in [-0.2, -0.15) is 0 Å². The summed E-state index contributed by atoms with van der Waals surface area (Å²) in [6.07, 6.45) is 6.65. The van der Waals surface area contributed by atoms with Gasteiger partial charge in [0.25, 0.3) is 0 Å². The van der Waals surface area contributed by atoms with Gasteiger partial charge in [0.1, 0.15) is 0 Å². The zero-order valence-corrected chi connectivity index (χ0v) is 13.1. The first kappa shape index (κ1) is 15.5. The van der Waals surface area contributed by atoms with Crippen LogP contribution in [-0.4, -0.2) is 23.7 Å². The van der Waals surface area contributed by atoms with Crippen molar-refractivity contribution in [2.45, 2.75) is 57.1 Å². The molecule has 4 heteroatoms. The van der Waals surface area contributed by atoms with E-state index >= 15 is 0 Å². The lowest BCUT2D eigenvalue weighted by molar-refractivity contribution is -0.121. The fourth-order valence-electron chi connectivity index (χ4n) is 3.93. The van der Waals surface area contributed by atoms with Crippen LogP contribution in [0.2, 0.25) is 0 Å². The van der Waals surface area contributed by atoms with Crippen LogP contribution < -0.4 is 11.1 Å². The Hall–Kier alpha value is -1.39. The van der Waals surface area contributed by atoms with Crippen molar-refractivity contribution >= 4 is 5.91 Å². The second kappa shape index (κ2) is 6.80. The number of primary amides is 1. The summed E-state index contributed by atoms with van der Waals surface area (Å²) in [5.74, 6) is -0.171. The minimum Gasteiger partial charge on any atom is -0.392 e. The Balaban J connectivity index is 1.60. The predicted molar refractivity (Wildman–Crippen MR) is 86.4 cm³/mol. The molecule has 3 rings (SSSR count). The van der Waals surface area contributed by atoms with E-state index in [4.69, 9.17) is 5.73 Å². The topological polar surface area (TPSA) is 75.4 Å². The van der Waals surface area contributed by atoms with Crippen LogP contribution in [0.5, 0.6) is 0 Å². The van der Waals surface area contributed by atoms with E-state index in [1.54, 1.807) is 0 Å². The second-order valence-electron chi connectivity index (χ2n) is 6.82. The van der Waals surface area contributed by atoms with E-state index in [9.17, 15) is 9.90 Å². The van der Waals surface area contributed by atoms with Crippen LogP contribution in [0, 0.1) is 5.92 Å². The Morgan fingerprint density at radius 2 is 2.05 bits per heavy atom. The average molecular weight is 302 g/mol. The lowest BCUT2D eigenvalue weighted by Crippen LogP contribution is -2.28. The summed E-state index contributed by atoms with van der Waals surface area (Å²) in [6.45, 7) is 1.88. The molecule has 0 bridgehead atoms. The minimum atomic E-state index is -0.669. The Morgan fingerprint density at radius 3 is 2.77 bits per heavy atom. The standard InChI is InChI=1S/C18H26N2O2/c19-18(22)17-15-8-13(6-7-14(15)9-16(17)21)11-20-10-12-4-2-1-3-5-12/h6-8,12,16-17,20-21H,1-5,9-11H2,(H2,19,22)/t16-,17-/m1/s1. The fraction of sp³-hybridized carbons (Fsp3) is 0.611. The van der Waals surface area contributed by atoms with Crippen molar-refractivity contribution in [3.63, 3.8) is 0 Å². The Labute approximate surface area is 132 Å². The van der Waals surface area contributed by atoms with E-state index in [2.05, 4.69) is 11.4 Å². The number of rotatable bonds is 5. The molecule has 2 aliphatic rings. The highest BCUT2D eigenvalue weighted by Crippen LogP contribution is 2.34. The van der Waals surface area contributed by atoms with Crippen molar-refractivity contribution in [1.29, 1.82) is 0 Å². The molecule has 1 aromatic rings. The largest absolute Gasteiger partial charge is 0.392 e. The van der Waals surface area contributed by atoms with Crippen molar-refractivity contribution in [2.75, 3.05) is 6.54 Å². The van der Waals surface area contributed by atoms with Crippen LogP contribution in [0.3, 0.4) is 0 Å². The van der Waals surface area contributed by atoms with Crippen LogP contribution >= 0.6 is 0 Å². The lowest BCUT2D eigenvalue weighted by Gasteiger charge is -2.22. The van der Waals surface area contributed by atoms with Gasteiger partial charge in [0.2, 0.25) is 5.91 Å². The van der Waals surface area contributed by atoms with Gasteiger partial charge in [0, 0.05) is 6.54 Å². The number of carbonyl (C=O) groups is 1. The summed E-state index contributed by atoms with van der Waals surface area (Å²) < 4.78 is 0. The Kier molecular flexibility index (Phi) is 4.79. The van der Waals surface area contributed by atoms with Crippen LogP contribution in [0.1, 0.15) is 54.7 Å². The molecule has 0 aromatic heterocycles. The maximum atomic E-state index is 11.6. The smallest absolute Gasteiger partial charge is 0.227 e. The summed E-state index contributed by atoms with van der Waals surface area (Å²) in [5.41, 5.74) is 8.56. The molecule has 0 radical (unpaired) electrons. The molecule has 2 atom stereocenters. The van der Waals surface area contributed by atoms with Gasteiger partial charge in [0.05, 0.1) is 12.0 Å². The number of amides is 1. The van der Waals surface area contributed by atoms with Crippen LogP contribution in [-0.2, 0) is 17.8 Å². The van der Waals surface area contributed by atoms with Crippen LogP contribution in [0.25, 0.3) is 0 Å². The summed E-state index contributed by atoms with van der Waals surface area (Å²) in [5, 5.41) is 13.5. The number of nitrogens with two attached hydrogens (primary N) is 1. The summed E-state index contributed by atoms with van der Waals surface area (Å²) in [6, 6.07) is 6.15. The maximum Gasteiger partial charge on any atom is 0.227 e. The second-order valence-corrected chi connectivity index (χ2v) is 6.82. The average Bonchev–Trinajstić information content (AvgIpc) is 2.83. The Morgan fingerprint density at radius 1 is 1.27 bits per heavy atom. The van der Waals surface area contributed by atoms with Gasteiger partial charge < -0.3 is 16.2 Å². The molecule has 1 saturated carbocycles. The molecule has 1 amide bonds. The number of hydrogen-bond donors (Lipinski definition) is 3. The molecular weight excluding hydrogens is 276 g/mol. The lowest BCUT2D eigenvalue weighted by atomic mass is 9.89. The molecule has 2 aliphatic carbocycles. The maximum absolute atomic E-state index is 11.6. The summed E-state index contributed by atoms with van der Waals surface area (Å²) in [7, 11) is 0. The number of carbonyl (C=O) groups excluding carboxylic acids is 1. The molecule has 120 valence electrons. The van der Waals surface area contributed by atoms with E-state index in [0.29, 0.717) is 6.42 Å². The van der Waals surface area contributed by atoms with E-state index in [1.807, 2.05) is 12.1 Å². The van der Waals surface area contributed by atoms with Gasteiger partial charge in [-0.15, -0.1) is 0 Å². The number of benzene rings is 1. The molecule has 1 aromatic carbocycles. The molecule has 0 aliphatic heterocycles. The number of nitrogens with one attached hydrogen (secondary N) is 1. The molecule has 0 unspecified atom stereocenters. The van der Waals surface area contributed by atoms with Gasteiger partial charge in [-0.3, -0.25) is 4.79 Å². The van der Waals surface area contributed by atoms with Crippen molar-refractivity contribution in [1.82, 2.24) is 5.32 Å². The Bertz CT molecular complexity index is 538. The molecule has 0 spiro atoms. The number of aliphatic hydroxyl groups is 1. The van der Waals surface area contributed by atoms with E-state index < -0.39 is 17.9 Å². The third-order valence-corrected chi connectivity index (χ3v) is 5.15. The van der Waals surface area contributed by atoms with Gasteiger partial charge in [-0.1, -0.05) is 37.5 Å². The molecule has 0 saturated heterocycles. The van der Waals surface area contributed by atoms with Crippen LogP contribution in [0.4, 0.5) is 0 Å². The summed E-state index contributed by atoms with van der Waals surface area (Å²) >= 11 is 0. The van der Waals surface area contributed by atoms with Crippen molar-refractivity contribution < 1.29 is 9.90 Å². The molecule has 1 fully saturated rings. The number of aliphatic hydroxyl groups excluding tert-OH is 1. The third-order valence-electron chi connectivity index (χ3n) is 5.15. The molecule has 0 heterocycles. The number of fused-ring (bicyclic) bond motifs is 1. The first-order chi connectivity index (χ1) is 10.6. The minimum absolute atomic E-state index is 0.432. The highest BCUT2D eigenvalue weighted by atomic mass is 16.3. The quantitative estimate of drug-likeness (QED) is 0.777. The summed E-state index contributed by atoms with van der Waals surface area (Å²) in [4.78, 5) is 11.6. The van der Waals surface area contributed by atoms with Gasteiger partial charge in [-0.25, -0.2) is 0 Å². The molecule has 22 heavy (non-hydrogen) atoms. The zero-order valence-electron chi connectivity index (χ0n) is 13.1. The monoisotopic (exact) mass is 302 g/mol. The van der Waals surface area contributed by atoms with Crippen molar-refractivity contribution in [2.24, 2.45) is 11.7 Å². The highest BCUT2D eigenvalue weighted by Gasteiger charge is 2.35. The highest BCUT2D eigenvalue weighted by molar-refractivity contribution is 5.84. The molecular formula is C18H26N2O2. The zero-order chi connectivity index (χ0) is 15.5. The van der Waals surface area contributed by atoms with Crippen molar-refractivity contribution in [3.05, 3.63) is 34.9 Å². The third kappa shape index (κ3) is 3.33. The first-order valence-electron chi connectivity index (χ1n) is 8.45. The van der Waals surface area contributed by atoms with Gasteiger partial charge in [0.15, 0.2) is 0 Å². The van der Waals surface area contributed by atoms with E-state index in [0.717, 1.165) is 35.7 Å². The van der Waals surface area contributed by atoms with E-state index in [-0.39, 0.29) is 0 Å². The first-order valence-corrected chi connectivity index (χ1v) is 8.45. The van der Waals surface area contributed by atoms with Crippen molar-refractivity contribution in [3.8, 4) is 0 Å². The van der Waals surface area contributed by atoms with E-state index in [1.165, 1.54) is 32.1 Å². The normalized spacial score (nSPS) is 25.1. The molecule has 4 nitrogen and oxygen atoms in total. The van der Waals surface area contributed by atoms with Gasteiger partial charge in [-0.05, 0) is 48.4 Å². The SMILES string of the molecule is NC(=O)[C@@H]1c2cc(CNCC3CCCCC3)ccc2C[C@H]1O. The molecule has 4 N–H and O–H groups in total. The number of hydrogen-bond acceptors (Lipinski definition) is 3.